The van der Waals surface area contributed by atoms with E-state index in [1.54, 1.807) is 12.4 Å². The molecule has 0 aliphatic rings. The van der Waals surface area contributed by atoms with Crippen molar-refractivity contribution < 1.29 is 27.2 Å². The summed E-state index contributed by atoms with van der Waals surface area (Å²) in [6.45, 7) is 0.383. The molecule has 162 valence electrons. The van der Waals surface area contributed by atoms with Crippen molar-refractivity contribution >= 4 is 17.6 Å². The van der Waals surface area contributed by atoms with Gasteiger partial charge in [-0.3, -0.25) is 14.8 Å². The number of anilines is 2. The second kappa shape index (κ2) is 8.88. The van der Waals surface area contributed by atoms with Crippen molar-refractivity contribution in [3.05, 3.63) is 90.4 Å². The molecular formula is C22H17F3N5O2+. The number of pyridine rings is 1. The van der Waals surface area contributed by atoms with E-state index in [-0.39, 0.29) is 11.6 Å². The molecule has 10 heteroatoms. The van der Waals surface area contributed by atoms with Crippen molar-refractivity contribution in [1.82, 2.24) is 10.3 Å². The predicted molar refractivity (Wildman–Crippen MR) is 110 cm³/mol. The molecule has 0 bridgehead atoms. The molecule has 2 N–H and O–H groups in total. The molecule has 0 aliphatic heterocycles. The van der Waals surface area contributed by atoms with Gasteiger partial charge in [-0.05, 0) is 40.6 Å². The highest BCUT2D eigenvalue weighted by molar-refractivity contribution is 5.98. The molecule has 0 atom stereocenters. The fraction of sp³-hybridized carbons (Fsp3) is 0.0909. The van der Waals surface area contributed by atoms with Gasteiger partial charge < -0.3 is 5.32 Å². The Morgan fingerprint density at radius 3 is 2.59 bits per heavy atom. The van der Waals surface area contributed by atoms with Crippen molar-refractivity contribution in [3.8, 4) is 11.1 Å². The van der Waals surface area contributed by atoms with E-state index < -0.39 is 17.8 Å². The van der Waals surface area contributed by atoms with Gasteiger partial charge in [-0.1, -0.05) is 30.3 Å². The third-order valence-electron chi connectivity index (χ3n) is 4.46. The highest BCUT2D eigenvalue weighted by Gasteiger charge is 2.30. The molecule has 4 aromatic rings. The van der Waals surface area contributed by atoms with Crippen LogP contribution in [0.15, 0.2) is 83.8 Å². The largest absolute Gasteiger partial charge is 0.416 e. The molecule has 0 radical (unpaired) electrons. The Balaban J connectivity index is 1.39. The fourth-order valence-corrected chi connectivity index (χ4v) is 3.03. The third kappa shape index (κ3) is 5.28. The van der Waals surface area contributed by atoms with E-state index >= 15 is 0 Å². The first-order valence-electron chi connectivity index (χ1n) is 9.48. The van der Waals surface area contributed by atoms with E-state index in [1.807, 2.05) is 36.4 Å². The topological polar surface area (TPSA) is 83.9 Å². The van der Waals surface area contributed by atoms with Crippen LogP contribution in [0.4, 0.5) is 29.5 Å². The fourth-order valence-electron chi connectivity index (χ4n) is 3.03. The maximum Gasteiger partial charge on any atom is 0.416 e. The van der Waals surface area contributed by atoms with Crippen LogP contribution in [0.1, 0.15) is 11.1 Å². The normalized spacial score (nSPS) is 11.2. The lowest BCUT2D eigenvalue weighted by Crippen LogP contribution is -2.35. The standard InChI is InChI=1S/C22H16F3N5O2/c23-22(24,25)18-7-2-8-19(11-18)27-21(31)28-20-14-30(29-32-20)13-15-4-1-5-16(10-15)17-6-3-9-26-12-17/h1-12,14H,13H2,(H-,27,28,29,31)/p+1. The van der Waals surface area contributed by atoms with Crippen LogP contribution in [0.3, 0.4) is 0 Å². The minimum absolute atomic E-state index is 0.00284. The molecule has 7 nitrogen and oxygen atoms in total. The molecule has 0 fully saturated rings. The summed E-state index contributed by atoms with van der Waals surface area (Å²) in [7, 11) is 0. The van der Waals surface area contributed by atoms with Gasteiger partial charge in [0.05, 0.1) is 5.56 Å². The summed E-state index contributed by atoms with van der Waals surface area (Å²) >= 11 is 0. The Bertz CT molecular complexity index is 1230. The highest BCUT2D eigenvalue weighted by Crippen LogP contribution is 2.30. The van der Waals surface area contributed by atoms with E-state index in [2.05, 4.69) is 20.9 Å². The molecule has 2 amide bonds. The van der Waals surface area contributed by atoms with Gasteiger partial charge in [-0.15, -0.1) is 0 Å². The Labute approximate surface area is 180 Å². The number of amides is 2. The number of urea groups is 1. The molecule has 2 aromatic carbocycles. The maximum atomic E-state index is 12.8. The van der Waals surface area contributed by atoms with Gasteiger partial charge in [-0.25, -0.2) is 4.79 Å². The molecule has 0 unspecified atom stereocenters. The summed E-state index contributed by atoms with van der Waals surface area (Å²) in [5.41, 5.74) is 2.06. The highest BCUT2D eigenvalue weighted by atomic mass is 19.4. The smallest absolute Gasteiger partial charge is 0.308 e. The average Bonchev–Trinajstić information content (AvgIpc) is 3.20. The zero-order valence-corrected chi connectivity index (χ0v) is 16.5. The van der Waals surface area contributed by atoms with Crippen molar-refractivity contribution in [3.63, 3.8) is 0 Å². The van der Waals surface area contributed by atoms with Crippen molar-refractivity contribution in [2.24, 2.45) is 0 Å². The van der Waals surface area contributed by atoms with Crippen LogP contribution >= 0.6 is 0 Å². The molecule has 0 aliphatic carbocycles. The van der Waals surface area contributed by atoms with Crippen LogP contribution in [-0.4, -0.2) is 16.3 Å². The van der Waals surface area contributed by atoms with E-state index in [4.69, 9.17) is 4.52 Å². The Kier molecular flexibility index (Phi) is 5.84. The number of carbonyl (C=O) groups excluding carboxylic acids is 1. The lowest BCUT2D eigenvalue weighted by Gasteiger charge is -2.09. The number of rotatable bonds is 5. The van der Waals surface area contributed by atoms with E-state index in [9.17, 15) is 18.0 Å². The van der Waals surface area contributed by atoms with E-state index in [1.165, 1.54) is 23.0 Å². The molecule has 0 spiro atoms. The summed E-state index contributed by atoms with van der Waals surface area (Å²) < 4.78 is 45.0. The van der Waals surface area contributed by atoms with Crippen molar-refractivity contribution in [1.29, 1.82) is 0 Å². The van der Waals surface area contributed by atoms with Crippen LogP contribution in [0.2, 0.25) is 0 Å². The number of benzene rings is 2. The van der Waals surface area contributed by atoms with Crippen molar-refractivity contribution in [2.45, 2.75) is 12.7 Å². The second-order valence-corrected chi connectivity index (χ2v) is 6.86. The van der Waals surface area contributed by atoms with Gasteiger partial charge >= 0.3 is 18.1 Å². The van der Waals surface area contributed by atoms with Gasteiger partial charge in [0.1, 0.15) is 0 Å². The van der Waals surface area contributed by atoms with Crippen LogP contribution in [-0.2, 0) is 12.7 Å². The van der Waals surface area contributed by atoms with Gasteiger partial charge in [0.25, 0.3) is 6.20 Å². The van der Waals surface area contributed by atoms with Gasteiger partial charge in [0.2, 0.25) is 11.8 Å². The number of halogens is 3. The predicted octanol–water partition coefficient (Wildman–Crippen LogP) is 4.74. The molecule has 4 rings (SSSR count). The first-order chi connectivity index (χ1) is 15.4. The number of alkyl halides is 3. The van der Waals surface area contributed by atoms with Gasteiger partial charge in [0, 0.05) is 29.2 Å². The number of hydrogen-bond donors (Lipinski definition) is 2. The van der Waals surface area contributed by atoms with Crippen LogP contribution in [0.25, 0.3) is 11.1 Å². The monoisotopic (exact) mass is 440 g/mol. The lowest BCUT2D eigenvalue weighted by atomic mass is 10.0. The zero-order valence-electron chi connectivity index (χ0n) is 16.5. The zero-order chi connectivity index (χ0) is 22.6. The Morgan fingerprint density at radius 2 is 1.81 bits per heavy atom. The lowest BCUT2D eigenvalue weighted by molar-refractivity contribution is -0.754. The summed E-state index contributed by atoms with van der Waals surface area (Å²) in [5, 5.41) is 8.60. The first-order valence-corrected chi connectivity index (χ1v) is 9.48. The molecular weight excluding hydrogens is 423 g/mol. The third-order valence-corrected chi connectivity index (χ3v) is 4.46. The SMILES string of the molecule is O=C(Nc1cccc(C(F)(F)F)c1)Nc1c[n+](Cc2cccc(-c3cccnc3)c2)no1. The number of hydrogen-bond acceptors (Lipinski definition) is 4. The van der Waals surface area contributed by atoms with Crippen molar-refractivity contribution in [2.75, 3.05) is 10.6 Å². The summed E-state index contributed by atoms with van der Waals surface area (Å²) in [6.07, 6.45) is 0.450. The van der Waals surface area contributed by atoms with Crippen LogP contribution < -0.4 is 15.3 Å². The van der Waals surface area contributed by atoms with Gasteiger partial charge in [0.15, 0.2) is 0 Å². The summed E-state index contributed by atoms with van der Waals surface area (Å²) in [5.74, 6) is 0.0397. The number of nitrogens with one attached hydrogen (secondary N) is 2. The number of aromatic nitrogens is 3. The molecule has 2 heterocycles. The van der Waals surface area contributed by atoms with Crippen LogP contribution in [0, 0.1) is 0 Å². The van der Waals surface area contributed by atoms with Gasteiger partial charge in [-0.2, -0.15) is 13.2 Å². The minimum Gasteiger partial charge on any atom is -0.308 e. The number of nitrogens with zero attached hydrogens (tertiary/aromatic N) is 3. The summed E-state index contributed by atoms with van der Waals surface area (Å²) in [6, 6.07) is 15.2. The van der Waals surface area contributed by atoms with Crippen LogP contribution in [0.5, 0.6) is 0 Å². The minimum atomic E-state index is -4.50. The second-order valence-electron chi connectivity index (χ2n) is 6.86. The summed E-state index contributed by atoms with van der Waals surface area (Å²) in [4.78, 5) is 16.2. The first kappa shape index (κ1) is 21.0. The molecule has 2 aromatic heterocycles. The molecule has 0 saturated carbocycles. The van der Waals surface area contributed by atoms with E-state index in [0.29, 0.717) is 6.54 Å². The molecule has 32 heavy (non-hydrogen) atoms. The molecule has 0 saturated heterocycles. The average molecular weight is 440 g/mol. The number of carbonyl (C=O) groups is 1. The maximum absolute atomic E-state index is 12.8. The Hall–Kier alpha value is -4.21. The quantitative estimate of drug-likeness (QED) is 0.440. The Morgan fingerprint density at radius 1 is 1.00 bits per heavy atom. The van der Waals surface area contributed by atoms with E-state index in [0.717, 1.165) is 28.8 Å².